The van der Waals surface area contributed by atoms with Crippen LogP contribution in [0.25, 0.3) is 0 Å². The third kappa shape index (κ3) is 1.40. The molecule has 0 unspecified atom stereocenters. The molecule has 1 aliphatic heterocycles. The van der Waals surface area contributed by atoms with E-state index in [1.807, 2.05) is 30.3 Å². The Balaban J connectivity index is 1.68. The van der Waals surface area contributed by atoms with E-state index >= 15 is 0 Å². The van der Waals surface area contributed by atoms with E-state index in [-0.39, 0.29) is 29.6 Å². The number of hydrogen-bond donors (Lipinski definition) is 0. The Morgan fingerprint density at radius 1 is 1.20 bits per heavy atom. The molecule has 0 aromatic heterocycles. The molecule has 1 heterocycles. The molecular weight excluding hydrogens is 318 g/mol. The van der Waals surface area contributed by atoms with Crippen LogP contribution in [0.5, 0.6) is 0 Å². The summed E-state index contributed by atoms with van der Waals surface area (Å²) in [5.74, 6) is 0.0841. The Labute approximate surface area is 125 Å². The van der Waals surface area contributed by atoms with Gasteiger partial charge in [0.1, 0.15) is 4.32 Å². The summed E-state index contributed by atoms with van der Waals surface area (Å²) in [6.07, 6.45) is 5.12. The minimum Gasteiger partial charge on any atom is -0.277 e. The van der Waals surface area contributed by atoms with Crippen LogP contribution in [0.2, 0.25) is 0 Å². The molecule has 2 aliphatic carbocycles. The van der Waals surface area contributed by atoms with Crippen LogP contribution in [0, 0.1) is 17.8 Å². The van der Waals surface area contributed by atoms with Crippen molar-refractivity contribution in [3.8, 4) is 0 Å². The van der Waals surface area contributed by atoms with Crippen molar-refractivity contribution in [3.05, 3.63) is 48.0 Å². The molecule has 3 nitrogen and oxygen atoms in total. The molecule has 3 aliphatic rings. The van der Waals surface area contributed by atoms with E-state index in [0.717, 1.165) is 12.0 Å². The van der Waals surface area contributed by atoms with E-state index in [2.05, 4.69) is 28.1 Å². The number of nitrogens with zero attached hydrogens (tertiary/aromatic N) is 1. The van der Waals surface area contributed by atoms with Crippen molar-refractivity contribution in [1.29, 1.82) is 0 Å². The standard InChI is InChI=1S/C16H14BrNO2/c17-16-12-7-6-11(8-12)13(16)14(19)18(15(16)20)9-10-4-2-1-3-5-10/h1-7,11-13H,8-9H2/t11-,12+,13+,16-/m0/s1. The fourth-order valence-electron chi connectivity index (χ4n) is 3.87. The van der Waals surface area contributed by atoms with E-state index in [9.17, 15) is 9.59 Å². The summed E-state index contributed by atoms with van der Waals surface area (Å²) in [6, 6.07) is 9.68. The molecule has 1 aromatic rings. The van der Waals surface area contributed by atoms with Crippen molar-refractivity contribution in [3.63, 3.8) is 0 Å². The maximum absolute atomic E-state index is 12.7. The van der Waals surface area contributed by atoms with Crippen LogP contribution in [0.4, 0.5) is 0 Å². The molecule has 1 saturated carbocycles. The second-order valence-corrected chi connectivity index (χ2v) is 7.16. The largest absolute Gasteiger partial charge is 0.277 e. The number of amides is 2. The minimum absolute atomic E-state index is 0.0208. The van der Waals surface area contributed by atoms with E-state index in [4.69, 9.17) is 0 Å². The zero-order valence-corrected chi connectivity index (χ0v) is 12.4. The summed E-state index contributed by atoms with van der Waals surface area (Å²) < 4.78 is -0.682. The Bertz CT molecular complexity index is 627. The third-order valence-corrected chi connectivity index (χ3v) is 6.25. The molecule has 4 atom stereocenters. The average molecular weight is 332 g/mol. The van der Waals surface area contributed by atoms with Gasteiger partial charge >= 0.3 is 0 Å². The van der Waals surface area contributed by atoms with E-state index < -0.39 is 4.32 Å². The number of benzene rings is 1. The summed E-state index contributed by atoms with van der Waals surface area (Å²) in [5.41, 5.74) is 0.991. The van der Waals surface area contributed by atoms with Gasteiger partial charge in [0.2, 0.25) is 11.8 Å². The topological polar surface area (TPSA) is 37.4 Å². The monoisotopic (exact) mass is 331 g/mol. The first-order valence-corrected chi connectivity index (χ1v) is 7.68. The first kappa shape index (κ1) is 12.3. The molecule has 0 N–H and O–H groups in total. The lowest BCUT2D eigenvalue weighted by atomic mass is 9.85. The average Bonchev–Trinajstić information content (AvgIpc) is 3.08. The van der Waals surface area contributed by atoms with Crippen LogP contribution < -0.4 is 0 Å². The number of imide groups is 1. The van der Waals surface area contributed by atoms with Crippen LogP contribution in [-0.4, -0.2) is 21.0 Å². The summed E-state index contributed by atoms with van der Waals surface area (Å²) in [4.78, 5) is 26.8. The van der Waals surface area contributed by atoms with Crippen molar-refractivity contribution in [2.75, 3.05) is 0 Å². The Hall–Kier alpha value is -1.42. The fraction of sp³-hybridized carbons (Fsp3) is 0.375. The van der Waals surface area contributed by atoms with E-state index in [0.29, 0.717) is 6.54 Å². The quantitative estimate of drug-likeness (QED) is 0.474. The highest BCUT2D eigenvalue weighted by atomic mass is 79.9. The molecule has 102 valence electrons. The fourth-order valence-corrected chi connectivity index (χ4v) is 4.96. The second-order valence-electron chi connectivity index (χ2n) is 5.85. The van der Waals surface area contributed by atoms with Gasteiger partial charge in [0.15, 0.2) is 0 Å². The molecule has 20 heavy (non-hydrogen) atoms. The van der Waals surface area contributed by atoms with Crippen molar-refractivity contribution in [2.45, 2.75) is 17.3 Å². The molecule has 2 amide bonds. The first-order chi connectivity index (χ1) is 9.62. The van der Waals surface area contributed by atoms with Gasteiger partial charge in [-0.25, -0.2) is 0 Å². The summed E-state index contributed by atoms with van der Waals surface area (Å²) in [5, 5.41) is 0. The number of alkyl halides is 1. The van der Waals surface area contributed by atoms with Gasteiger partial charge in [0.05, 0.1) is 12.5 Å². The molecule has 0 radical (unpaired) electrons. The van der Waals surface area contributed by atoms with Crippen LogP contribution in [0.3, 0.4) is 0 Å². The predicted molar refractivity (Wildman–Crippen MR) is 77.9 cm³/mol. The number of fused-ring (bicyclic) bond motifs is 5. The molecule has 0 spiro atoms. The lowest BCUT2D eigenvalue weighted by Crippen LogP contribution is -2.40. The summed E-state index contributed by atoms with van der Waals surface area (Å²) in [7, 11) is 0. The molecule has 1 saturated heterocycles. The number of rotatable bonds is 2. The van der Waals surface area contributed by atoms with Gasteiger partial charge in [0, 0.05) is 5.92 Å². The molecular formula is C16H14BrNO2. The zero-order chi connectivity index (χ0) is 13.9. The minimum atomic E-state index is -0.682. The van der Waals surface area contributed by atoms with E-state index in [1.165, 1.54) is 4.90 Å². The highest BCUT2D eigenvalue weighted by Crippen LogP contribution is 2.59. The maximum Gasteiger partial charge on any atom is 0.247 e. The van der Waals surface area contributed by atoms with Crippen LogP contribution in [-0.2, 0) is 16.1 Å². The zero-order valence-electron chi connectivity index (χ0n) is 10.8. The number of carbonyl (C=O) groups is 2. The van der Waals surface area contributed by atoms with Gasteiger partial charge in [0.25, 0.3) is 0 Å². The predicted octanol–water partition coefficient (Wildman–Crippen LogP) is 2.51. The SMILES string of the molecule is O=C1[C@H]2[C@H]3C=C[C@H](C3)[C@@]2(Br)C(=O)N1Cc1ccccc1. The summed E-state index contributed by atoms with van der Waals surface area (Å²) in [6.45, 7) is 0.377. The van der Waals surface area contributed by atoms with Gasteiger partial charge in [-0.1, -0.05) is 58.4 Å². The lowest BCUT2D eigenvalue weighted by molar-refractivity contribution is -0.141. The Kier molecular flexibility index (Phi) is 2.49. The van der Waals surface area contributed by atoms with Crippen LogP contribution >= 0.6 is 15.9 Å². The molecule has 4 rings (SSSR count). The van der Waals surface area contributed by atoms with Crippen LogP contribution in [0.15, 0.2) is 42.5 Å². The number of allylic oxidation sites excluding steroid dienone is 2. The van der Waals surface area contributed by atoms with Gasteiger partial charge in [-0.2, -0.15) is 0 Å². The van der Waals surface area contributed by atoms with Crippen molar-refractivity contribution in [1.82, 2.24) is 4.90 Å². The number of carbonyl (C=O) groups excluding carboxylic acids is 2. The summed E-state index contributed by atoms with van der Waals surface area (Å²) >= 11 is 3.63. The maximum atomic E-state index is 12.7. The number of likely N-dealkylation sites (tertiary alicyclic amines) is 1. The molecule has 4 heteroatoms. The number of hydrogen-bond acceptors (Lipinski definition) is 2. The second kappa shape index (κ2) is 4.04. The van der Waals surface area contributed by atoms with Crippen LogP contribution in [0.1, 0.15) is 12.0 Å². The van der Waals surface area contributed by atoms with Crippen molar-refractivity contribution < 1.29 is 9.59 Å². The normalized spacial score (nSPS) is 37.9. The van der Waals surface area contributed by atoms with E-state index in [1.54, 1.807) is 0 Å². The van der Waals surface area contributed by atoms with Crippen molar-refractivity contribution in [2.24, 2.45) is 17.8 Å². The highest BCUT2D eigenvalue weighted by Gasteiger charge is 2.68. The van der Waals surface area contributed by atoms with Gasteiger partial charge < -0.3 is 0 Å². The molecule has 2 fully saturated rings. The van der Waals surface area contributed by atoms with Gasteiger partial charge in [-0.05, 0) is 17.9 Å². The molecule has 1 aromatic carbocycles. The first-order valence-electron chi connectivity index (χ1n) is 6.89. The van der Waals surface area contributed by atoms with Gasteiger partial charge in [-0.3, -0.25) is 14.5 Å². The smallest absolute Gasteiger partial charge is 0.247 e. The third-order valence-electron chi connectivity index (χ3n) is 4.83. The number of halogens is 1. The molecule has 2 bridgehead atoms. The Morgan fingerprint density at radius 2 is 1.95 bits per heavy atom. The van der Waals surface area contributed by atoms with Gasteiger partial charge in [-0.15, -0.1) is 0 Å². The lowest BCUT2D eigenvalue weighted by Gasteiger charge is -2.26. The van der Waals surface area contributed by atoms with Crippen molar-refractivity contribution >= 4 is 27.7 Å². The highest BCUT2D eigenvalue weighted by molar-refractivity contribution is 9.10. The Morgan fingerprint density at radius 3 is 2.65 bits per heavy atom.